The fraction of sp³-hybridized carbons (Fsp3) is 0. The summed E-state index contributed by atoms with van der Waals surface area (Å²) in [6.45, 7) is 0. The minimum Gasteiger partial charge on any atom is -0.520 e. The van der Waals surface area contributed by atoms with Crippen molar-refractivity contribution in [3.05, 3.63) is 88.5 Å². The molecule has 0 aliphatic carbocycles. The van der Waals surface area contributed by atoms with Gasteiger partial charge in [-0.05, 0) is 24.3 Å². The first-order valence-electron chi connectivity index (χ1n) is 7.96. The Balaban J connectivity index is 2.19. The highest BCUT2D eigenvalue weighted by Crippen LogP contribution is 2.26. The standard InChI is InChI=1S/C18H5BF10O2/c20-6-2-1-3-8(11(6)22)30-19(31-9-5-4-7(21)12(23)13(9)24)10-14(25)16(27)18(29)17(28)15(10)26/h1-5H. The molecule has 13 heteroatoms. The van der Waals surface area contributed by atoms with Crippen molar-refractivity contribution in [1.82, 2.24) is 0 Å². The molecule has 0 bridgehead atoms. The first kappa shape index (κ1) is 22.3. The summed E-state index contributed by atoms with van der Waals surface area (Å²) in [7, 11) is -2.86. The maximum atomic E-state index is 14.2. The molecule has 0 amide bonds. The Hall–Kier alpha value is -3.38. The Morgan fingerprint density at radius 3 is 1.52 bits per heavy atom. The summed E-state index contributed by atoms with van der Waals surface area (Å²) in [6.07, 6.45) is 0. The SMILES string of the molecule is Fc1cccc(OB(Oc2ccc(F)c(F)c2F)c2c(F)c(F)c(F)c(F)c2F)c1F. The van der Waals surface area contributed by atoms with Gasteiger partial charge in [0.05, 0.1) is 5.46 Å². The van der Waals surface area contributed by atoms with Crippen molar-refractivity contribution in [2.45, 2.75) is 0 Å². The van der Waals surface area contributed by atoms with Gasteiger partial charge in [-0.25, -0.2) is 35.1 Å². The van der Waals surface area contributed by atoms with Crippen molar-refractivity contribution in [2.75, 3.05) is 0 Å². The van der Waals surface area contributed by atoms with Gasteiger partial charge in [-0.15, -0.1) is 0 Å². The number of hydrogen-bond donors (Lipinski definition) is 0. The smallest absolute Gasteiger partial charge is 0.520 e. The van der Waals surface area contributed by atoms with E-state index in [4.69, 9.17) is 4.65 Å². The summed E-state index contributed by atoms with van der Waals surface area (Å²) in [5, 5.41) is 0. The average molecular weight is 454 g/mol. The second kappa shape index (κ2) is 8.40. The van der Waals surface area contributed by atoms with Crippen LogP contribution in [0.15, 0.2) is 30.3 Å². The van der Waals surface area contributed by atoms with Crippen LogP contribution in [0, 0.1) is 58.2 Å². The van der Waals surface area contributed by atoms with E-state index in [9.17, 15) is 43.9 Å². The lowest BCUT2D eigenvalue weighted by Crippen LogP contribution is -2.48. The van der Waals surface area contributed by atoms with Crippen LogP contribution in [-0.4, -0.2) is 7.12 Å². The zero-order chi connectivity index (χ0) is 23.0. The van der Waals surface area contributed by atoms with Gasteiger partial charge in [-0.1, -0.05) is 6.07 Å². The first-order valence-corrected chi connectivity index (χ1v) is 7.96. The van der Waals surface area contributed by atoms with Crippen LogP contribution in [0.25, 0.3) is 0 Å². The highest BCUT2D eigenvalue weighted by Gasteiger charge is 2.40. The molecule has 0 saturated heterocycles. The molecule has 162 valence electrons. The van der Waals surface area contributed by atoms with E-state index in [1.54, 1.807) is 0 Å². The fourth-order valence-corrected chi connectivity index (χ4v) is 2.38. The summed E-state index contributed by atoms with van der Waals surface area (Å²) < 4.78 is 146. The van der Waals surface area contributed by atoms with Gasteiger partial charge in [-0.3, -0.25) is 0 Å². The molecule has 2 nitrogen and oxygen atoms in total. The Bertz CT molecular complexity index is 1140. The van der Waals surface area contributed by atoms with Crippen LogP contribution in [0.3, 0.4) is 0 Å². The Morgan fingerprint density at radius 2 is 0.935 bits per heavy atom. The molecule has 3 rings (SSSR count). The van der Waals surface area contributed by atoms with E-state index in [0.29, 0.717) is 24.3 Å². The number of benzene rings is 3. The van der Waals surface area contributed by atoms with Gasteiger partial charge in [-0.2, -0.15) is 8.78 Å². The van der Waals surface area contributed by atoms with Crippen molar-refractivity contribution in [3.8, 4) is 11.5 Å². The van der Waals surface area contributed by atoms with Gasteiger partial charge < -0.3 is 9.31 Å². The zero-order valence-corrected chi connectivity index (χ0v) is 14.6. The third-order valence-corrected chi connectivity index (χ3v) is 3.86. The molecular formula is C18H5BF10O2. The summed E-state index contributed by atoms with van der Waals surface area (Å²) in [5.74, 6) is -24.1. The highest BCUT2D eigenvalue weighted by atomic mass is 19.2. The number of hydrogen-bond acceptors (Lipinski definition) is 2. The lowest BCUT2D eigenvalue weighted by atomic mass is 9.77. The van der Waals surface area contributed by atoms with Crippen molar-refractivity contribution < 1.29 is 53.2 Å². The predicted molar refractivity (Wildman–Crippen MR) is 85.6 cm³/mol. The molecule has 0 aliphatic rings. The van der Waals surface area contributed by atoms with Gasteiger partial charge in [0.1, 0.15) is 11.5 Å². The minimum atomic E-state index is -2.86. The van der Waals surface area contributed by atoms with Crippen LogP contribution in [0.5, 0.6) is 11.5 Å². The third-order valence-electron chi connectivity index (χ3n) is 3.86. The quantitative estimate of drug-likeness (QED) is 0.236. The van der Waals surface area contributed by atoms with Crippen molar-refractivity contribution in [3.63, 3.8) is 0 Å². The largest absolute Gasteiger partial charge is 0.639 e. The van der Waals surface area contributed by atoms with Gasteiger partial charge in [0.25, 0.3) is 0 Å². The van der Waals surface area contributed by atoms with Gasteiger partial charge in [0, 0.05) is 0 Å². The van der Waals surface area contributed by atoms with E-state index >= 15 is 0 Å². The van der Waals surface area contributed by atoms with Gasteiger partial charge >= 0.3 is 7.12 Å². The fourth-order valence-electron chi connectivity index (χ4n) is 2.38. The lowest BCUT2D eigenvalue weighted by Gasteiger charge is -2.19. The molecule has 0 aliphatic heterocycles. The molecule has 0 heterocycles. The molecule has 0 fully saturated rings. The Kier molecular flexibility index (Phi) is 6.05. The minimum absolute atomic E-state index is 0.312. The van der Waals surface area contributed by atoms with E-state index in [-0.39, 0.29) is 0 Å². The Labute approximate surface area is 166 Å². The molecule has 0 aromatic heterocycles. The normalized spacial score (nSPS) is 10.9. The molecule has 0 spiro atoms. The van der Waals surface area contributed by atoms with Crippen LogP contribution in [0.1, 0.15) is 0 Å². The van der Waals surface area contributed by atoms with Crippen molar-refractivity contribution in [1.29, 1.82) is 0 Å². The van der Waals surface area contributed by atoms with Crippen LogP contribution >= 0.6 is 0 Å². The van der Waals surface area contributed by atoms with Gasteiger partial charge in [0.2, 0.25) is 5.82 Å². The number of halogens is 10. The maximum Gasteiger partial charge on any atom is 0.639 e. The summed E-state index contributed by atoms with van der Waals surface area (Å²) in [5.41, 5.74) is -1.87. The second-order valence-corrected chi connectivity index (χ2v) is 5.78. The van der Waals surface area contributed by atoms with E-state index in [2.05, 4.69) is 4.65 Å². The first-order chi connectivity index (χ1) is 14.5. The van der Waals surface area contributed by atoms with Crippen molar-refractivity contribution >= 4 is 12.6 Å². The van der Waals surface area contributed by atoms with E-state index in [1.807, 2.05) is 0 Å². The summed E-state index contributed by atoms with van der Waals surface area (Å²) in [6, 6.07) is 2.85. The molecular weight excluding hydrogens is 449 g/mol. The van der Waals surface area contributed by atoms with Gasteiger partial charge in [0.15, 0.2) is 52.4 Å². The van der Waals surface area contributed by atoms with Crippen LogP contribution in [0.4, 0.5) is 43.9 Å². The number of rotatable bonds is 5. The monoisotopic (exact) mass is 454 g/mol. The second-order valence-electron chi connectivity index (χ2n) is 5.78. The maximum absolute atomic E-state index is 14.2. The topological polar surface area (TPSA) is 18.5 Å². The summed E-state index contributed by atoms with van der Waals surface area (Å²) >= 11 is 0. The molecule has 3 aromatic rings. The molecule has 31 heavy (non-hydrogen) atoms. The highest BCUT2D eigenvalue weighted by molar-refractivity contribution is 6.63. The molecule has 0 radical (unpaired) electrons. The average Bonchev–Trinajstić information content (AvgIpc) is 2.74. The Morgan fingerprint density at radius 1 is 0.452 bits per heavy atom. The summed E-state index contributed by atoms with van der Waals surface area (Å²) in [4.78, 5) is 0. The predicted octanol–water partition coefficient (Wildman–Crippen LogP) is 4.93. The lowest BCUT2D eigenvalue weighted by molar-refractivity contribution is 0.362. The van der Waals surface area contributed by atoms with E-state index in [0.717, 1.165) is 6.07 Å². The molecule has 0 atom stereocenters. The third kappa shape index (κ3) is 3.99. The molecule has 0 unspecified atom stereocenters. The zero-order valence-electron chi connectivity index (χ0n) is 14.6. The molecule has 3 aromatic carbocycles. The van der Waals surface area contributed by atoms with Crippen LogP contribution in [-0.2, 0) is 0 Å². The molecule has 0 N–H and O–H groups in total. The molecule has 0 saturated carbocycles. The van der Waals surface area contributed by atoms with Crippen LogP contribution in [0.2, 0.25) is 0 Å². The van der Waals surface area contributed by atoms with Crippen molar-refractivity contribution in [2.24, 2.45) is 0 Å². The van der Waals surface area contributed by atoms with Crippen LogP contribution < -0.4 is 14.8 Å². The van der Waals surface area contributed by atoms with E-state index < -0.39 is 82.3 Å². The van der Waals surface area contributed by atoms with E-state index in [1.165, 1.54) is 0 Å².